The summed E-state index contributed by atoms with van der Waals surface area (Å²) in [6, 6.07) is 0. The summed E-state index contributed by atoms with van der Waals surface area (Å²) in [5.74, 6) is 1.57. The highest BCUT2D eigenvalue weighted by atomic mass is 16.7. The standard InChI is InChI=1S/C17H26O6/c1-8-12(18)13(19)14(20)15(22-8)23-16(21)17-5-9-2-10(6-17)4-11(3-9)7-17/h8-15,18-20H,2-7H2,1H3/t8-,9?,10?,11?,12-,13+,14+,15+,17?/m0/s1. The van der Waals surface area contributed by atoms with Crippen molar-refractivity contribution >= 4 is 5.97 Å². The van der Waals surface area contributed by atoms with Crippen molar-refractivity contribution in [3.63, 3.8) is 0 Å². The Kier molecular flexibility index (Phi) is 3.72. The molecule has 5 rings (SSSR count). The molecule has 23 heavy (non-hydrogen) atoms. The number of hydrogen-bond acceptors (Lipinski definition) is 6. The maximum absolute atomic E-state index is 12.8. The van der Waals surface area contributed by atoms with E-state index in [4.69, 9.17) is 9.47 Å². The monoisotopic (exact) mass is 326 g/mol. The quantitative estimate of drug-likeness (QED) is 0.642. The van der Waals surface area contributed by atoms with Crippen molar-refractivity contribution < 1.29 is 29.6 Å². The minimum absolute atomic E-state index is 0.295. The second kappa shape index (κ2) is 5.41. The molecule has 5 atom stereocenters. The van der Waals surface area contributed by atoms with Gasteiger partial charge in [-0.2, -0.15) is 0 Å². The van der Waals surface area contributed by atoms with Crippen LogP contribution in [-0.4, -0.2) is 52.0 Å². The summed E-state index contributed by atoms with van der Waals surface area (Å²) in [6.07, 6.45) is 0.466. The Balaban J connectivity index is 1.48. The summed E-state index contributed by atoms with van der Waals surface area (Å²) >= 11 is 0. The Labute approximate surface area is 135 Å². The molecular formula is C17H26O6. The molecule has 0 unspecified atom stereocenters. The zero-order chi connectivity index (χ0) is 16.4. The number of rotatable bonds is 2. The molecule has 3 N–H and O–H groups in total. The fourth-order valence-electron chi connectivity index (χ4n) is 5.70. The van der Waals surface area contributed by atoms with Crippen molar-refractivity contribution in [3.05, 3.63) is 0 Å². The van der Waals surface area contributed by atoms with Crippen molar-refractivity contribution in [1.29, 1.82) is 0 Å². The van der Waals surface area contributed by atoms with E-state index in [0.29, 0.717) is 17.8 Å². The van der Waals surface area contributed by atoms with Gasteiger partial charge < -0.3 is 24.8 Å². The van der Waals surface area contributed by atoms with E-state index in [1.165, 1.54) is 19.3 Å². The molecule has 0 aromatic heterocycles. The zero-order valence-corrected chi connectivity index (χ0v) is 13.4. The van der Waals surface area contributed by atoms with Crippen LogP contribution in [0.15, 0.2) is 0 Å². The summed E-state index contributed by atoms with van der Waals surface area (Å²) in [7, 11) is 0. The molecule has 0 aromatic carbocycles. The van der Waals surface area contributed by atoms with Gasteiger partial charge in [0, 0.05) is 0 Å². The van der Waals surface area contributed by atoms with Crippen LogP contribution < -0.4 is 0 Å². The fraction of sp³-hybridized carbons (Fsp3) is 0.941. The molecule has 4 aliphatic carbocycles. The van der Waals surface area contributed by atoms with Gasteiger partial charge in [0.05, 0.1) is 11.5 Å². The Hall–Kier alpha value is -0.690. The van der Waals surface area contributed by atoms with E-state index in [1.54, 1.807) is 6.92 Å². The molecule has 130 valence electrons. The van der Waals surface area contributed by atoms with Gasteiger partial charge in [-0.3, -0.25) is 4.79 Å². The topological polar surface area (TPSA) is 96.2 Å². The van der Waals surface area contributed by atoms with Gasteiger partial charge in [0.1, 0.15) is 18.3 Å². The fourth-order valence-corrected chi connectivity index (χ4v) is 5.70. The first kappa shape index (κ1) is 15.8. The molecule has 5 fully saturated rings. The van der Waals surface area contributed by atoms with Crippen molar-refractivity contribution in [3.8, 4) is 0 Å². The largest absolute Gasteiger partial charge is 0.432 e. The van der Waals surface area contributed by atoms with Gasteiger partial charge in [0.25, 0.3) is 0 Å². The average Bonchev–Trinajstić information content (AvgIpc) is 2.49. The molecule has 0 spiro atoms. The Morgan fingerprint density at radius 3 is 2.00 bits per heavy atom. The highest BCUT2D eigenvalue weighted by molar-refractivity contribution is 5.77. The lowest BCUT2D eigenvalue weighted by molar-refractivity contribution is -0.290. The van der Waals surface area contributed by atoms with Crippen LogP contribution in [-0.2, 0) is 14.3 Å². The van der Waals surface area contributed by atoms with E-state index in [9.17, 15) is 20.1 Å². The normalized spacial score (nSPS) is 55.0. The first-order valence-electron chi connectivity index (χ1n) is 8.79. The lowest BCUT2D eigenvalue weighted by Crippen LogP contribution is -2.59. The van der Waals surface area contributed by atoms with E-state index in [-0.39, 0.29) is 5.97 Å². The lowest BCUT2D eigenvalue weighted by Gasteiger charge is -2.55. The van der Waals surface area contributed by atoms with Crippen LogP contribution in [0.1, 0.15) is 45.4 Å². The van der Waals surface area contributed by atoms with E-state index in [0.717, 1.165) is 19.3 Å². The molecule has 1 saturated heterocycles. The van der Waals surface area contributed by atoms with Gasteiger partial charge in [-0.1, -0.05) is 0 Å². The smallest absolute Gasteiger partial charge is 0.314 e. The molecule has 6 nitrogen and oxygen atoms in total. The highest BCUT2D eigenvalue weighted by Crippen LogP contribution is 2.60. The van der Waals surface area contributed by atoms with Gasteiger partial charge >= 0.3 is 5.97 Å². The van der Waals surface area contributed by atoms with Gasteiger partial charge in [-0.25, -0.2) is 0 Å². The van der Waals surface area contributed by atoms with Crippen LogP contribution in [0.3, 0.4) is 0 Å². The minimum atomic E-state index is -1.42. The van der Waals surface area contributed by atoms with E-state index in [2.05, 4.69) is 0 Å². The van der Waals surface area contributed by atoms with Crippen molar-refractivity contribution in [2.75, 3.05) is 0 Å². The summed E-state index contributed by atoms with van der Waals surface area (Å²) in [5.41, 5.74) is -0.428. The third kappa shape index (κ3) is 2.51. The van der Waals surface area contributed by atoms with E-state index < -0.39 is 36.1 Å². The van der Waals surface area contributed by atoms with Crippen LogP contribution >= 0.6 is 0 Å². The summed E-state index contributed by atoms with van der Waals surface area (Å²) in [5, 5.41) is 29.6. The maximum atomic E-state index is 12.8. The second-order valence-corrected chi connectivity index (χ2v) is 8.28. The molecule has 4 saturated carbocycles. The van der Waals surface area contributed by atoms with Crippen LogP contribution in [0, 0.1) is 23.2 Å². The number of ether oxygens (including phenoxy) is 2. The Bertz CT molecular complexity index is 456. The number of hydrogen-bond donors (Lipinski definition) is 3. The number of esters is 1. The first-order chi connectivity index (χ1) is 10.9. The molecule has 1 aliphatic heterocycles. The molecule has 0 radical (unpaired) electrons. The SMILES string of the molecule is C[C@@H]1O[C@H](OC(=O)C23CC4CC(CC(C4)C2)C3)[C@H](O)[C@H](O)[C@H]1O. The average molecular weight is 326 g/mol. The Morgan fingerprint density at radius 2 is 1.48 bits per heavy atom. The molecule has 1 heterocycles. The second-order valence-electron chi connectivity index (χ2n) is 8.28. The van der Waals surface area contributed by atoms with Crippen molar-refractivity contribution in [1.82, 2.24) is 0 Å². The van der Waals surface area contributed by atoms with Gasteiger partial charge in [-0.15, -0.1) is 0 Å². The molecular weight excluding hydrogens is 300 g/mol. The summed E-state index contributed by atoms with van der Waals surface area (Å²) in [4.78, 5) is 12.8. The maximum Gasteiger partial charge on any atom is 0.314 e. The summed E-state index contributed by atoms with van der Waals surface area (Å²) in [6.45, 7) is 1.59. The van der Waals surface area contributed by atoms with Gasteiger partial charge in [0.15, 0.2) is 0 Å². The number of carbonyl (C=O) groups is 1. The van der Waals surface area contributed by atoms with Crippen LogP contribution in [0.4, 0.5) is 0 Å². The molecule has 4 bridgehead atoms. The molecule has 0 aromatic rings. The molecule has 6 heteroatoms. The third-order valence-corrected chi connectivity index (χ3v) is 6.50. The van der Waals surface area contributed by atoms with Crippen LogP contribution in [0.25, 0.3) is 0 Å². The predicted molar refractivity (Wildman–Crippen MR) is 79.1 cm³/mol. The minimum Gasteiger partial charge on any atom is -0.432 e. The number of carbonyl (C=O) groups excluding carboxylic acids is 1. The van der Waals surface area contributed by atoms with E-state index in [1.807, 2.05) is 0 Å². The molecule has 0 amide bonds. The van der Waals surface area contributed by atoms with Crippen molar-refractivity contribution in [2.24, 2.45) is 23.2 Å². The number of aliphatic hydroxyl groups is 3. The van der Waals surface area contributed by atoms with Crippen LogP contribution in [0.5, 0.6) is 0 Å². The highest BCUT2D eigenvalue weighted by Gasteiger charge is 2.56. The Morgan fingerprint density at radius 1 is 0.957 bits per heavy atom. The predicted octanol–water partition coefficient (Wildman–Crippen LogP) is 0.573. The molecule has 5 aliphatic rings. The third-order valence-electron chi connectivity index (χ3n) is 6.50. The zero-order valence-electron chi connectivity index (χ0n) is 13.4. The van der Waals surface area contributed by atoms with E-state index >= 15 is 0 Å². The summed E-state index contributed by atoms with van der Waals surface area (Å²) < 4.78 is 10.9. The van der Waals surface area contributed by atoms with Gasteiger partial charge in [0.2, 0.25) is 6.29 Å². The van der Waals surface area contributed by atoms with Gasteiger partial charge in [-0.05, 0) is 63.2 Å². The first-order valence-corrected chi connectivity index (χ1v) is 8.79. The van der Waals surface area contributed by atoms with Crippen molar-refractivity contribution in [2.45, 2.75) is 76.2 Å². The number of aliphatic hydroxyl groups excluding tert-OH is 3. The lowest BCUT2D eigenvalue weighted by atomic mass is 9.49. The van der Waals surface area contributed by atoms with Crippen LogP contribution in [0.2, 0.25) is 0 Å².